The van der Waals surface area contributed by atoms with E-state index in [1.165, 1.54) is 17.7 Å². The summed E-state index contributed by atoms with van der Waals surface area (Å²) in [7, 11) is 0. The van der Waals surface area contributed by atoms with Crippen molar-refractivity contribution in [3.8, 4) is 0 Å². The van der Waals surface area contributed by atoms with Gasteiger partial charge in [0, 0.05) is 31.4 Å². The second-order valence-electron chi connectivity index (χ2n) is 7.78. The zero-order valence-electron chi connectivity index (χ0n) is 15.9. The van der Waals surface area contributed by atoms with Gasteiger partial charge in [-0.05, 0) is 49.4 Å². The molecule has 4 nitrogen and oxygen atoms in total. The van der Waals surface area contributed by atoms with E-state index < -0.39 is 0 Å². The van der Waals surface area contributed by atoms with Gasteiger partial charge in [0.05, 0.1) is 6.54 Å². The first kappa shape index (κ1) is 18.1. The minimum absolute atomic E-state index is 0.163. The lowest BCUT2D eigenvalue weighted by Crippen LogP contribution is -2.39. The number of carbonyl (C=O) groups excluding carboxylic acids is 1. The highest BCUT2D eigenvalue weighted by atomic mass is 16.2. The molecule has 1 amide bonds. The van der Waals surface area contributed by atoms with E-state index in [1.54, 1.807) is 0 Å². The van der Waals surface area contributed by atoms with Crippen molar-refractivity contribution in [2.45, 2.75) is 25.3 Å². The molecule has 2 unspecified atom stereocenters. The summed E-state index contributed by atoms with van der Waals surface area (Å²) in [4.78, 5) is 17.3. The fraction of sp³-hybridized carbons (Fsp3) is 0.435. The Hall–Kier alpha value is -2.33. The van der Waals surface area contributed by atoms with Crippen LogP contribution >= 0.6 is 0 Å². The molecule has 2 aromatic carbocycles. The molecule has 27 heavy (non-hydrogen) atoms. The van der Waals surface area contributed by atoms with E-state index in [4.69, 9.17) is 0 Å². The Bertz CT molecular complexity index is 734. The molecular weight excluding hydrogens is 334 g/mol. The molecule has 2 saturated heterocycles. The van der Waals surface area contributed by atoms with Crippen LogP contribution in [0.1, 0.15) is 30.9 Å². The number of nitrogens with zero attached hydrogens (tertiary/aromatic N) is 2. The zero-order valence-corrected chi connectivity index (χ0v) is 15.9. The number of hydrogen-bond acceptors (Lipinski definition) is 3. The highest BCUT2D eigenvalue weighted by molar-refractivity contribution is 5.78. The predicted octanol–water partition coefficient (Wildman–Crippen LogP) is 3.47. The summed E-state index contributed by atoms with van der Waals surface area (Å²) in [6.45, 7) is 4.41. The van der Waals surface area contributed by atoms with Crippen LogP contribution in [0.2, 0.25) is 0 Å². The minimum Gasteiger partial charge on any atom is -0.371 e. The van der Waals surface area contributed by atoms with E-state index in [9.17, 15) is 4.79 Å². The minimum atomic E-state index is 0.163. The van der Waals surface area contributed by atoms with E-state index in [0.29, 0.717) is 18.5 Å². The normalized spacial score (nSPS) is 22.9. The van der Waals surface area contributed by atoms with E-state index >= 15 is 0 Å². The van der Waals surface area contributed by atoms with Crippen LogP contribution < -0.4 is 10.2 Å². The van der Waals surface area contributed by atoms with Crippen LogP contribution in [-0.4, -0.2) is 43.5 Å². The van der Waals surface area contributed by atoms with Gasteiger partial charge in [0.25, 0.3) is 0 Å². The molecule has 2 aliphatic rings. The number of benzene rings is 2. The molecule has 0 bridgehead atoms. The molecule has 2 heterocycles. The lowest BCUT2D eigenvalue weighted by molar-refractivity contribution is -0.122. The molecular formula is C23H29N3O. The first-order chi connectivity index (χ1) is 13.3. The van der Waals surface area contributed by atoms with Crippen LogP contribution in [0.3, 0.4) is 0 Å². The topological polar surface area (TPSA) is 35.6 Å². The molecule has 2 aliphatic heterocycles. The van der Waals surface area contributed by atoms with Crippen molar-refractivity contribution in [2.24, 2.45) is 5.92 Å². The van der Waals surface area contributed by atoms with Gasteiger partial charge in [0.15, 0.2) is 0 Å². The van der Waals surface area contributed by atoms with E-state index in [-0.39, 0.29) is 5.91 Å². The van der Waals surface area contributed by atoms with E-state index in [0.717, 1.165) is 39.0 Å². The van der Waals surface area contributed by atoms with Crippen LogP contribution in [0.4, 0.5) is 5.69 Å². The highest BCUT2D eigenvalue weighted by Gasteiger charge is 2.28. The maximum absolute atomic E-state index is 12.5. The third-order valence-corrected chi connectivity index (χ3v) is 5.89. The van der Waals surface area contributed by atoms with Gasteiger partial charge in [-0.2, -0.15) is 0 Å². The third-order valence-electron chi connectivity index (χ3n) is 5.89. The average Bonchev–Trinajstić information content (AvgIpc) is 3.37. The van der Waals surface area contributed by atoms with Crippen LogP contribution in [-0.2, 0) is 4.79 Å². The molecule has 2 aromatic rings. The maximum Gasteiger partial charge on any atom is 0.234 e. The summed E-state index contributed by atoms with van der Waals surface area (Å²) in [6.07, 6.45) is 3.46. The molecule has 4 heteroatoms. The summed E-state index contributed by atoms with van der Waals surface area (Å²) >= 11 is 0. The largest absolute Gasteiger partial charge is 0.371 e. The van der Waals surface area contributed by atoms with Crippen LogP contribution in [0, 0.1) is 5.92 Å². The Morgan fingerprint density at radius 3 is 2.48 bits per heavy atom. The Labute approximate surface area is 162 Å². The van der Waals surface area contributed by atoms with Crippen molar-refractivity contribution in [1.29, 1.82) is 0 Å². The monoisotopic (exact) mass is 363 g/mol. The Morgan fingerprint density at radius 1 is 0.963 bits per heavy atom. The van der Waals surface area contributed by atoms with Gasteiger partial charge in [0.1, 0.15) is 0 Å². The van der Waals surface area contributed by atoms with Crippen LogP contribution in [0.5, 0.6) is 0 Å². The van der Waals surface area contributed by atoms with Crippen LogP contribution in [0.15, 0.2) is 60.7 Å². The van der Waals surface area contributed by atoms with Gasteiger partial charge in [0.2, 0.25) is 5.91 Å². The van der Waals surface area contributed by atoms with Crippen molar-refractivity contribution in [3.63, 3.8) is 0 Å². The Kier molecular flexibility index (Phi) is 5.73. The van der Waals surface area contributed by atoms with Crippen LogP contribution in [0.25, 0.3) is 0 Å². The number of hydrogen-bond donors (Lipinski definition) is 1. The van der Waals surface area contributed by atoms with E-state index in [1.807, 2.05) is 0 Å². The molecule has 0 spiro atoms. The summed E-state index contributed by atoms with van der Waals surface area (Å²) in [5.41, 5.74) is 2.62. The predicted molar refractivity (Wildman–Crippen MR) is 110 cm³/mol. The van der Waals surface area contributed by atoms with Gasteiger partial charge < -0.3 is 10.2 Å². The quantitative estimate of drug-likeness (QED) is 0.854. The fourth-order valence-electron chi connectivity index (χ4n) is 4.44. The first-order valence-corrected chi connectivity index (χ1v) is 10.2. The second-order valence-corrected chi connectivity index (χ2v) is 7.78. The molecule has 1 N–H and O–H groups in total. The number of rotatable bonds is 6. The standard InChI is InChI=1S/C23H29N3O/c27-23(18-26-14-7-12-22(26)20-8-3-1-4-9-20)24-16-19-13-15-25(17-19)21-10-5-2-6-11-21/h1-6,8-11,19,22H,7,12-18H2,(H,24,27). The number of amides is 1. The smallest absolute Gasteiger partial charge is 0.234 e. The molecule has 0 saturated carbocycles. The lowest BCUT2D eigenvalue weighted by Gasteiger charge is -2.24. The number of anilines is 1. The maximum atomic E-state index is 12.5. The number of para-hydroxylation sites is 1. The molecule has 142 valence electrons. The fourth-order valence-corrected chi connectivity index (χ4v) is 4.44. The zero-order chi connectivity index (χ0) is 18.5. The van der Waals surface area contributed by atoms with Crippen molar-refractivity contribution in [3.05, 3.63) is 66.2 Å². The number of likely N-dealkylation sites (tertiary alicyclic amines) is 1. The Balaban J connectivity index is 1.24. The van der Waals surface area contributed by atoms with Gasteiger partial charge in [-0.3, -0.25) is 9.69 Å². The average molecular weight is 364 g/mol. The number of carbonyl (C=O) groups is 1. The third kappa shape index (κ3) is 4.51. The lowest BCUT2D eigenvalue weighted by atomic mass is 10.0. The van der Waals surface area contributed by atoms with Gasteiger partial charge in [-0.15, -0.1) is 0 Å². The van der Waals surface area contributed by atoms with Crippen molar-refractivity contribution in [2.75, 3.05) is 37.6 Å². The molecule has 4 rings (SSSR count). The number of nitrogens with one attached hydrogen (secondary N) is 1. The summed E-state index contributed by atoms with van der Waals surface area (Å²) in [5, 5.41) is 3.19. The summed E-state index contributed by atoms with van der Waals surface area (Å²) < 4.78 is 0. The summed E-state index contributed by atoms with van der Waals surface area (Å²) in [5.74, 6) is 0.702. The first-order valence-electron chi connectivity index (χ1n) is 10.2. The molecule has 2 fully saturated rings. The SMILES string of the molecule is O=C(CN1CCCC1c1ccccc1)NCC1CCN(c2ccccc2)C1. The summed E-state index contributed by atoms with van der Waals surface area (Å²) in [6, 6.07) is 21.5. The van der Waals surface area contributed by atoms with Gasteiger partial charge in [-0.1, -0.05) is 48.5 Å². The molecule has 2 atom stereocenters. The van der Waals surface area contributed by atoms with Gasteiger partial charge in [-0.25, -0.2) is 0 Å². The van der Waals surface area contributed by atoms with E-state index in [2.05, 4.69) is 75.8 Å². The second kappa shape index (κ2) is 8.57. The molecule has 0 aromatic heterocycles. The molecule has 0 radical (unpaired) electrons. The van der Waals surface area contributed by atoms with Crippen molar-refractivity contribution in [1.82, 2.24) is 10.2 Å². The molecule has 0 aliphatic carbocycles. The highest BCUT2D eigenvalue weighted by Crippen LogP contribution is 2.31. The Morgan fingerprint density at radius 2 is 1.70 bits per heavy atom. The van der Waals surface area contributed by atoms with Crippen molar-refractivity contribution >= 4 is 11.6 Å². The van der Waals surface area contributed by atoms with Gasteiger partial charge >= 0.3 is 0 Å². The van der Waals surface area contributed by atoms with Crippen molar-refractivity contribution < 1.29 is 4.79 Å².